The van der Waals surface area contributed by atoms with E-state index in [1.807, 2.05) is 25.1 Å². The Morgan fingerprint density at radius 1 is 1.31 bits per heavy atom. The number of hydrazine groups is 1. The van der Waals surface area contributed by atoms with Crippen molar-refractivity contribution in [3.05, 3.63) is 29.8 Å². The number of ether oxygens (including phenoxy) is 2. The van der Waals surface area contributed by atoms with Gasteiger partial charge < -0.3 is 20.1 Å². The predicted octanol–water partition coefficient (Wildman–Crippen LogP) is 0.217. The smallest absolute Gasteiger partial charge is 0.264 e. The molecule has 0 radical (unpaired) electrons. The molecular weight excluding hydrogens is 336 g/mol. The van der Waals surface area contributed by atoms with E-state index in [0.29, 0.717) is 43.5 Å². The summed E-state index contributed by atoms with van der Waals surface area (Å²) >= 11 is 0. The van der Waals surface area contributed by atoms with Gasteiger partial charge in [0.2, 0.25) is 5.91 Å². The quantitative estimate of drug-likeness (QED) is 0.713. The van der Waals surface area contributed by atoms with Crippen LogP contribution >= 0.6 is 0 Å². The Bertz CT molecular complexity index is 764. The summed E-state index contributed by atoms with van der Waals surface area (Å²) in [6.07, 6.45) is 1.98. The maximum Gasteiger partial charge on any atom is 0.264 e. The lowest BCUT2D eigenvalue weighted by atomic mass is 10.0. The summed E-state index contributed by atoms with van der Waals surface area (Å²) in [5.41, 5.74) is 4.50. The molecule has 1 saturated heterocycles. The number of hydrogen-bond donors (Lipinski definition) is 3. The molecule has 3 aliphatic heterocycles. The first kappa shape index (κ1) is 16.7. The van der Waals surface area contributed by atoms with E-state index in [-0.39, 0.29) is 17.7 Å². The van der Waals surface area contributed by atoms with E-state index in [1.54, 1.807) is 0 Å². The van der Waals surface area contributed by atoms with Gasteiger partial charge in [0.25, 0.3) is 5.91 Å². The molecule has 3 N–H and O–H groups in total. The number of fused-ring (bicyclic) bond motifs is 2. The lowest BCUT2D eigenvalue weighted by Gasteiger charge is -2.32. The minimum Gasteiger partial charge on any atom is -0.486 e. The number of carbonyl (C=O) groups excluding carboxylic acids is 2. The van der Waals surface area contributed by atoms with Crippen LogP contribution in [0.2, 0.25) is 0 Å². The van der Waals surface area contributed by atoms with Gasteiger partial charge in [-0.2, -0.15) is 0 Å². The normalized spacial score (nSPS) is 23.8. The zero-order chi connectivity index (χ0) is 18.1. The van der Waals surface area contributed by atoms with Crippen LogP contribution in [0.1, 0.15) is 18.9 Å². The van der Waals surface area contributed by atoms with Gasteiger partial charge >= 0.3 is 0 Å². The molecular formula is C18H22N4O4. The Morgan fingerprint density at radius 3 is 2.92 bits per heavy atom. The first-order valence-electron chi connectivity index (χ1n) is 8.90. The highest BCUT2D eigenvalue weighted by atomic mass is 16.6. The maximum absolute atomic E-state index is 12.5. The summed E-state index contributed by atoms with van der Waals surface area (Å²) in [6.45, 7) is 4.08. The highest BCUT2D eigenvalue weighted by molar-refractivity contribution is 5.97. The molecule has 1 fully saturated rings. The van der Waals surface area contributed by atoms with E-state index in [0.717, 1.165) is 12.0 Å². The molecule has 26 heavy (non-hydrogen) atoms. The first-order chi connectivity index (χ1) is 12.7. The van der Waals surface area contributed by atoms with Crippen molar-refractivity contribution < 1.29 is 19.1 Å². The second-order valence-electron chi connectivity index (χ2n) is 6.47. The standard InChI is InChI=1S/C18H22N4O4/c1-2-5-19-18(24)12-10-20-22-16(23)9-13(21-17(12)22)11-3-4-14-15(8-11)26-7-6-25-14/h3-4,8-9,12,17,20-21H,2,5-7,10H2,1H3,(H,19,24). The van der Waals surface area contributed by atoms with Gasteiger partial charge in [0.05, 0.1) is 5.92 Å². The molecule has 0 spiro atoms. The molecule has 0 aliphatic carbocycles. The third kappa shape index (κ3) is 2.96. The van der Waals surface area contributed by atoms with Gasteiger partial charge in [0, 0.05) is 30.4 Å². The average molecular weight is 358 g/mol. The second-order valence-corrected chi connectivity index (χ2v) is 6.47. The van der Waals surface area contributed by atoms with Gasteiger partial charge in [-0.1, -0.05) is 6.92 Å². The molecule has 3 heterocycles. The van der Waals surface area contributed by atoms with Crippen LogP contribution in [0.4, 0.5) is 0 Å². The summed E-state index contributed by atoms with van der Waals surface area (Å²) in [7, 11) is 0. The van der Waals surface area contributed by atoms with E-state index < -0.39 is 6.17 Å². The van der Waals surface area contributed by atoms with E-state index in [2.05, 4.69) is 16.1 Å². The molecule has 0 bridgehead atoms. The summed E-state index contributed by atoms with van der Waals surface area (Å²) < 4.78 is 11.2. The van der Waals surface area contributed by atoms with Crippen molar-refractivity contribution in [3.63, 3.8) is 0 Å². The highest BCUT2D eigenvalue weighted by Crippen LogP contribution is 2.33. The van der Waals surface area contributed by atoms with Crippen LogP contribution in [0.15, 0.2) is 24.3 Å². The highest BCUT2D eigenvalue weighted by Gasteiger charge is 2.43. The van der Waals surface area contributed by atoms with E-state index >= 15 is 0 Å². The Hall–Kier alpha value is -2.74. The first-order valence-corrected chi connectivity index (χ1v) is 8.90. The molecule has 2 unspecified atom stereocenters. The number of nitrogens with one attached hydrogen (secondary N) is 3. The third-order valence-electron chi connectivity index (χ3n) is 4.69. The van der Waals surface area contributed by atoms with Crippen LogP contribution < -0.4 is 25.5 Å². The fraction of sp³-hybridized carbons (Fsp3) is 0.444. The molecule has 8 heteroatoms. The Kier molecular flexibility index (Phi) is 4.42. The van der Waals surface area contributed by atoms with Crippen molar-refractivity contribution in [2.45, 2.75) is 19.5 Å². The van der Waals surface area contributed by atoms with Crippen molar-refractivity contribution in [1.82, 2.24) is 21.1 Å². The SMILES string of the molecule is CCCNC(=O)C1CNN2C(=O)C=C(c3ccc4c(c3)OCCO4)NC12. The largest absolute Gasteiger partial charge is 0.486 e. The molecule has 4 rings (SSSR count). The molecule has 1 aromatic rings. The zero-order valence-corrected chi connectivity index (χ0v) is 14.6. The van der Waals surface area contributed by atoms with Gasteiger partial charge in [-0.3, -0.25) is 14.6 Å². The van der Waals surface area contributed by atoms with Crippen LogP contribution in [0.25, 0.3) is 5.70 Å². The van der Waals surface area contributed by atoms with Gasteiger partial charge in [0.15, 0.2) is 11.5 Å². The topological polar surface area (TPSA) is 91.9 Å². The molecule has 138 valence electrons. The summed E-state index contributed by atoms with van der Waals surface area (Å²) in [5.74, 6) is 0.767. The van der Waals surface area contributed by atoms with Crippen LogP contribution in [0, 0.1) is 5.92 Å². The van der Waals surface area contributed by atoms with E-state index in [4.69, 9.17) is 9.47 Å². The number of nitrogens with zero attached hydrogens (tertiary/aromatic N) is 1. The van der Waals surface area contributed by atoms with Crippen LogP contribution in [0.3, 0.4) is 0 Å². The summed E-state index contributed by atoms with van der Waals surface area (Å²) in [5, 5.41) is 7.71. The Labute approximate surface area is 151 Å². The fourth-order valence-corrected chi connectivity index (χ4v) is 3.35. The van der Waals surface area contributed by atoms with Crippen LogP contribution in [-0.2, 0) is 9.59 Å². The minimum atomic E-state index is -0.424. The molecule has 1 aromatic carbocycles. The van der Waals surface area contributed by atoms with E-state index in [1.165, 1.54) is 11.1 Å². The van der Waals surface area contributed by atoms with Gasteiger partial charge in [-0.15, -0.1) is 0 Å². The second kappa shape index (κ2) is 6.87. The minimum absolute atomic E-state index is 0.0597. The van der Waals surface area contributed by atoms with Crippen LogP contribution in [-0.4, -0.2) is 49.3 Å². The van der Waals surface area contributed by atoms with Gasteiger partial charge in [0.1, 0.15) is 19.4 Å². The fourth-order valence-electron chi connectivity index (χ4n) is 3.35. The summed E-state index contributed by atoms with van der Waals surface area (Å²) in [6, 6.07) is 5.57. The molecule has 3 aliphatic rings. The van der Waals surface area contributed by atoms with Gasteiger partial charge in [-0.25, -0.2) is 5.43 Å². The van der Waals surface area contributed by atoms with Crippen molar-refractivity contribution in [3.8, 4) is 11.5 Å². The predicted molar refractivity (Wildman–Crippen MR) is 94.0 cm³/mol. The molecule has 2 atom stereocenters. The zero-order valence-electron chi connectivity index (χ0n) is 14.6. The lowest BCUT2D eigenvalue weighted by molar-refractivity contribution is -0.132. The van der Waals surface area contributed by atoms with Crippen molar-refractivity contribution in [2.75, 3.05) is 26.3 Å². The van der Waals surface area contributed by atoms with Crippen molar-refractivity contribution in [2.24, 2.45) is 5.92 Å². The Morgan fingerprint density at radius 2 is 2.12 bits per heavy atom. The Balaban J connectivity index is 1.56. The number of amides is 2. The van der Waals surface area contributed by atoms with Crippen molar-refractivity contribution >= 4 is 17.5 Å². The molecule has 0 aromatic heterocycles. The number of rotatable bonds is 4. The lowest BCUT2D eigenvalue weighted by Crippen LogP contribution is -2.54. The number of benzene rings is 1. The summed E-state index contributed by atoms with van der Waals surface area (Å²) in [4.78, 5) is 24.9. The molecule has 2 amide bonds. The number of hydrogen-bond acceptors (Lipinski definition) is 6. The third-order valence-corrected chi connectivity index (χ3v) is 4.69. The molecule has 0 saturated carbocycles. The van der Waals surface area contributed by atoms with Gasteiger partial charge in [-0.05, 0) is 24.6 Å². The average Bonchev–Trinajstić information content (AvgIpc) is 3.10. The number of carbonyl (C=O) groups is 2. The monoisotopic (exact) mass is 358 g/mol. The molecule has 8 nitrogen and oxygen atoms in total. The van der Waals surface area contributed by atoms with Crippen LogP contribution in [0.5, 0.6) is 11.5 Å². The maximum atomic E-state index is 12.5. The van der Waals surface area contributed by atoms with Crippen molar-refractivity contribution in [1.29, 1.82) is 0 Å². The van der Waals surface area contributed by atoms with E-state index in [9.17, 15) is 9.59 Å².